The Hall–Kier alpha value is -2.15. The first-order chi connectivity index (χ1) is 13.2. The summed E-state index contributed by atoms with van der Waals surface area (Å²) >= 11 is 0. The Bertz CT molecular complexity index is 539. The highest BCUT2D eigenvalue weighted by Gasteiger charge is 2.13. The minimum atomic E-state index is 0.700. The molecular weight excluding hydrogens is 346 g/mol. The molecule has 0 heterocycles. The lowest BCUT2D eigenvalue weighted by Gasteiger charge is -2.16. The quantitative estimate of drug-likeness (QED) is 0.311. The van der Waals surface area contributed by atoms with Crippen LogP contribution in [0.4, 0.5) is 0 Å². The zero-order valence-electron chi connectivity index (χ0n) is 17.4. The maximum absolute atomic E-state index is 5.56. The Morgan fingerprint density at radius 3 is 2.11 bits per heavy atom. The Balaban J connectivity index is 2.44. The molecule has 0 aliphatic rings. The molecule has 0 aromatic heterocycles. The number of aliphatic imine (C=N–C) groups is 1. The minimum Gasteiger partial charge on any atom is -0.496 e. The van der Waals surface area contributed by atoms with E-state index in [1.54, 1.807) is 28.4 Å². The molecule has 0 aliphatic carbocycles. The van der Waals surface area contributed by atoms with Crippen LogP contribution < -0.4 is 24.8 Å². The molecule has 0 radical (unpaired) electrons. The maximum Gasteiger partial charge on any atom is 0.190 e. The number of hydrogen-bond acceptors (Lipinski definition) is 5. The number of nitrogens with one attached hydrogen (secondary N) is 2. The normalized spacial score (nSPS) is 11.2. The molecule has 1 aromatic rings. The van der Waals surface area contributed by atoms with Gasteiger partial charge in [0.05, 0.1) is 21.3 Å². The Morgan fingerprint density at radius 1 is 0.926 bits per heavy atom. The smallest absolute Gasteiger partial charge is 0.190 e. The van der Waals surface area contributed by atoms with Gasteiger partial charge in [-0.15, -0.1) is 0 Å². The molecule has 7 nitrogen and oxygen atoms in total. The van der Waals surface area contributed by atoms with Gasteiger partial charge < -0.3 is 29.6 Å². The maximum atomic E-state index is 5.56. The lowest BCUT2D eigenvalue weighted by molar-refractivity contribution is 0.129. The van der Waals surface area contributed by atoms with Gasteiger partial charge in [0.25, 0.3) is 0 Å². The molecule has 0 unspecified atom stereocenters. The molecule has 1 rings (SSSR count). The monoisotopic (exact) mass is 381 g/mol. The fourth-order valence-corrected chi connectivity index (χ4v) is 2.58. The highest BCUT2D eigenvalue weighted by atomic mass is 16.5. The van der Waals surface area contributed by atoms with Crippen LogP contribution >= 0.6 is 0 Å². The van der Waals surface area contributed by atoms with E-state index >= 15 is 0 Å². The predicted octanol–water partition coefficient (Wildman–Crippen LogP) is 2.63. The Labute approximate surface area is 163 Å². The standard InChI is InChI=1S/C20H35N3O4/c1-6-7-12-27-13-8-10-22-20(21-2)23-11-9-17-18(25-4)14-16(24-3)15-19(17)26-5/h14-15H,6-13H2,1-5H3,(H2,21,22,23). The van der Waals surface area contributed by atoms with Gasteiger partial charge in [0.1, 0.15) is 17.2 Å². The summed E-state index contributed by atoms with van der Waals surface area (Å²) in [5, 5.41) is 6.61. The van der Waals surface area contributed by atoms with Crippen molar-refractivity contribution >= 4 is 5.96 Å². The van der Waals surface area contributed by atoms with Gasteiger partial charge in [0, 0.05) is 51.0 Å². The van der Waals surface area contributed by atoms with Gasteiger partial charge >= 0.3 is 0 Å². The Morgan fingerprint density at radius 2 is 1.56 bits per heavy atom. The first-order valence-corrected chi connectivity index (χ1v) is 9.51. The van der Waals surface area contributed by atoms with Gasteiger partial charge in [-0.1, -0.05) is 13.3 Å². The second-order valence-corrected chi connectivity index (χ2v) is 6.01. The average molecular weight is 382 g/mol. The molecule has 1 aromatic carbocycles. The second kappa shape index (κ2) is 14.0. The number of methoxy groups -OCH3 is 3. The van der Waals surface area contributed by atoms with Crippen molar-refractivity contribution in [2.45, 2.75) is 32.6 Å². The van der Waals surface area contributed by atoms with Crippen LogP contribution in [0.25, 0.3) is 0 Å². The molecule has 7 heteroatoms. The van der Waals surface area contributed by atoms with Crippen LogP contribution in [-0.4, -0.2) is 60.6 Å². The SMILES string of the molecule is CCCCOCCCNC(=NC)NCCc1c(OC)cc(OC)cc1OC. The molecule has 0 bridgehead atoms. The molecule has 0 saturated carbocycles. The van der Waals surface area contributed by atoms with E-state index in [9.17, 15) is 0 Å². The molecule has 0 spiro atoms. The molecule has 2 N–H and O–H groups in total. The number of rotatable bonds is 13. The number of nitrogens with zero attached hydrogens (tertiary/aromatic N) is 1. The molecule has 27 heavy (non-hydrogen) atoms. The summed E-state index contributed by atoms with van der Waals surface area (Å²) in [5.74, 6) is 2.98. The highest BCUT2D eigenvalue weighted by molar-refractivity contribution is 5.79. The minimum absolute atomic E-state index is 0.700. The fraction of sp³-hybridized carbons (Fsp3) is 0.650. The third-order valence-corrected chi connectivity index (χ3v) is 4.11. The van der Waals surface area contributed by atoms with Gasteiger partial charge in [-0.3, -0.25) is 4.99 Å². The van der Waals surface area contributed by atoms with Crippen LogP contribution in [0.15, 0.2) is 17.1 Å². The number of hydrogen-bond donors (Lipinski definition) is 2. The van der Waals surface area contributed by atoms with Crippen molar-refractivity contribution < 1.29 is 18.9 Å². The lowest BCUT2D eigenvalue weighted by atomic mass is 10.1. The highest BCUT2D eigenvalue weighted by Crippen LogP contribution is 2.34. The van der Waals surface area contributed by atoms with E-state index in [0.29, 0.717) is 12.3 Å². The fourth-order valence-electron chi connectivity index (χ4n) is 2.58. The summed E-state index contributed by atoms with van der Waals surface area (Å²) in [6.45, 7) is 5.30. The third-order valence-electron chi connectivity index (χ3n) is 4.11. The van der Waals surface area contributed by atoms with Gasteiger partial charge in [-0.05, 0) is 19.3 Å². The van der Waals surface area contributed by atoms with E-state index < -0.39 is 0 Å². The summed E-state index contributed by atoms with van der Waals surface area (Å²) < 4.78 is 21.8. The third kappa shape index (κ3) is 8.39. The summed E-state index contributed by atoms with van der Waals surface area (Å²) in [7, 11) is 6.68. The largest absolute Gasteiger partial charge is 0.496 e. The average Bonchev–Trinajstić information content (AvgIpc) is 2.71. The number of guanidine groups is 1. The van der Waals surface area contributed by atoms with Crippen LogP contribution in [0.5, 0.6) is 17.2 Å². The van der Waals surface area contributed by atoms with Gasteiger partial charge in [0.15, 0.2) is 5.96 Å². The Kier molecular flexibility index (Phi) is 11.8. The van der Waals surface area contributed by atoms with Crippen molar-refractivity contribution in [2.24, 2.45) is 4.99 Å². The topological polar surface area (TPSA) is 73.3 Å². The molecule has 0 amide bonds. The zero-order chi connectivity index (χ0) is 19.9. The van der Waals surface area contributed by atoms with Crippen molar-refractivity contribution in [2.75, 3.05) is 54.7 Å². The van der Waals surface area contributed by atoms with Crippen LogP contribution in [0.2, 0.25) is 0 Å². The van der Waals surface area contributed by atoms with Crippen molar-refractivity contribution in [3.63, 3.8) is 0 Å². The summed E-state index contributed by atoms with van der Waals surface area (Å²) in [5.41, 5.74) is 0.994. The molecule has 0 atom stereocenters. The van der Waals surface area contributed by atoms with Crippen LogP contribution in [-0.2, 0) is 11.2 Å². The zero-order valence-corrected chi connectivity index (χ0v) is 17.4. The predicted molar refractivity (Wildman–Crippen MR) is 110 cm³/mol. The van der Waals surface area contributed by atoms with Gasteiger partial charge in [-0.2, -0.15) is 0 Å². The molecular formula is C20H35N3O4. The van der Waals surface area contributed by atoms with Crippen molar-refractivity contribution in [1.82, 2.24) is 10.6 Å². The van der Waals surface area contributed by atoms with E-state index in [1.165, 1.54) is 6.42 Å². The molecule has 0 saturated heterocycles. The van der Waals surface area contributed by atoms with Crippen LogP contribution in [0.3, 0.4) is 0 Å². The van der Waals surface area contributed by atoms with Crippen molar-refractivity contribution in [3.8, 4) is 17.2 Å². The van der Waals surface area contributed by atoms with Crippen molar-refractivity contribution in [1.29, 1.82) is 0 Å². The summed E-state index contributed by atoms with van der Waals surface area (Å²) in [6, 6.07) is 3.73. The van der Waals surface area contributed by atoms with E-state index in [2.05, 4.69) is 22.5 Å². The first-order valence-electron chi connectivity index (χ1n) is 9.51. The van der Waals surface area contributed by atoms with E-state index in [-0.39, 0.29) is 0 Å². The first kappa shape index (κ1) is 22.9. The molecule has 154 valence electrons. The van der Waals surface area contributed by atoms with Crippen LogP contribution in [0.1, 0.15) is 31.7 Å². The molecule has 0 aliphatic heterocycles. The van der Waals surface area contributed by atoms with E-state index in [1.807, 2.05) is 12.1 Å². The number of benzene rings is 1. The summed E-state index contributed by atoms with van der Waals surface area (Å²) in [4.78, 5) is 4.25. The van der Waals surface area contributed by atoms with Crippen LogP contribution in [0, 0.1) is 0 Å². The van der Waals surface area contributed by atoms with Gasteiger partial charge in [0.2, 0.25) is 0 Å². The van der Waals surface area contributed by atoms with Gasteiger partial charge in [-0.25, -0.2) is 0 Å². The number of unbranched alkanes of at least 4 members (excludes halogenated alkanes) is 1. The van der Waals surface area contributed by atoms with E-state index in [0.717, 1.165) is 62.0 Å². The summed E-state index contributed by atoms with van der Waals surface area (Å²) in [6.07, 6.45) is 3.97. The van der Waals surface area contributed by atoms with E-state index in [4.69, 9.17) is 18.9 Å². The lowest BCUT2D eigenvalue weighted by Crippen LogP contribution is -2.39. The van der Waals surface area contributed by atoms with Crippen molar-refractivity contribution in [3.05, 3.63) is 17.7 Å². The molecule has 0 fully saturated rings. The second-order valence-electron chi connectivity index (χ2n) is 6.01. The number of ether oxygens (including phenoxy) is 4.